The van der Waals surface area contributed by atoms with Crippen LogP contribution >= 0.6 is 0 Å². The van der Waals surface area contributed by atoms with Crippen LogP contribution in [0.1, 0.15) is 24.6 Å². The average Bonchev–Trinajstić information content (AvgIpc) is 3.12. The lowest BCUT2D eigenvalue weighted by atomic mass is 9.99. The van der Waals surface area contributed by atoms with Crippen molar-refractivity contribution in [2.24, 2.45) is 0 Å². The molecule has 27 heavy (non-hydrogen) atoms. The second kappa shape index (κ2) is 6.71. The summed E-state index contributed by atoms with van der Waals surface area (Å²) >= 11 is 0. The van der Waals surface area contributed by atoms with Crippen LogP contribution in [0.25, 0.3) is 5.65 Å². The molecular formula is C17H17N5O4S. The summed E-state index contributed by atoms with van der Waals surface area (Å²) in [5.74, 6) is 0.571. The van der Waals surface area contributed by atoms with Gasteiger partial charge in [-0.15, -0.1) is 10.2 Å². The third-order valence-electron chi connectivity index (χ3n) is 4.77. The standard InChI is InChI=1S/C17H17N5O4S/c23-22(24)14-7-1-2-8-15(14)27(25,26)20-10-5-6-13(12-20)17-19-18-16-9-3-4-11-21(16)17/h1-4,7-9,11,13H,5-6,10,12H2. The molecule has 1 aromatic carbocycles. The normalized spacial score (nSPS) is 18.6. The van der Waals surface area contributed by atoms with E-state index in [1.165, 1.54) is 28.6 Å². The van der Waals surface area contributed by atoms with Gasteiger partial charge in [0.25, 0.3) is 5.69 Å². The lowest BCUT2D eigenvalue weighted by molar-refractivity contribution is -0.387. The Balaban J connectivity index is 1.68. The van der Waals surface area contributed by atoms with E-state index in [1.54, 1.807) is 0 Å². The van der Waals surface area contributed by atoms with E-state index in [9.17, 15) is 18.5 Å². The number of benzene rings is 1. The van der Waals surface area contributed by atoms with Crippen molar-refractivity contribution in [2.45, 2.75) is 23.7 Å². The molecule has 10 heteroatoms. The highest BCUT2D eigenvalue weighted by molar-refractivity contribution is 7.89. The lowest BCUT2D eigenvalue weighted by Crippen LogP contribution is -2.39. The fraction of sp³-hybridized carbons (Fsp3) is 0.294. The van der Waals surface area contributed by atoms with Gasteiger partial charge in [-0.2, -0.15) is 4.31 Å². The van der Waals surface area contributed by atoms with Crippen molar-refractivity contribution in [3.05, 3.63) is 64.6 Å². The summed E-state index contributed by atoms with van der Waals surface area (Å²) in [4.78, 5) is 10.3. The molecule has 1 unspecified atom stereocenters. The first kappa shape index (κ1) is 17.6. The molecule has 1 aliphatic rings. The van der Waals surface area contributed by atoms with Gasteiger partial charge in [-0.3, -0.25) is 14.5 Å². The number of piperidine rings is 1. The van der Waals surface area contributed by atoms with Gasteiger partial charge >= 0.3 is 0 Å². The second-order valence-corrected chi connectivity index (χ2v) is 8.32. The molecular weight excluding hydrogens is 370 g/mol. The molecule has 0 radical (unpaired) electrons. The number of nitrogens with zero attached hydrogens (tertiary/aromatic N) is 5. The topological polar surface area (TPSA) is 111 Å². The van der Waals surface area contributed by atoms with Crippen LogP contribution in [0.4, 0.5) is 5.69 Å². The molecule has 9 nitrogen and oxygen atoms in total. The first-order valence-electron chi connectivity index (χ1n) is 8.52. The van der Waals surface area contributed by atoms with Crippen LogP contribution in [0.5, 0.6) is 0 Å². The fourth-order valence-electron chi connectivity index (χ4n) is 3.47. The fourth-order valence-corrected chi connectivity index (χ4v) is 5.16. The van der Waals surface area contributed by atoms with Crippen molar-refractivity contribution < 1.29 is 13.3 Å². The van der Waals surface area contributed by atoms with Gasteiger partial charge in [-0.1, -0.05) is 18.2 Å². The summed E-state index contributed by atoms with van der Waals surface area (Å²) in [6.07, 6.45) is 3.27. The number of hydrogen-bond acceptors (Lipinski definition) is 6. The van der Waals surface area contributed by atoms with Crippen LogP contribution in [-0.2, 0) is 10.0 Å². The second-order valence-electron chi connectivity index (χ2n) is 6.41. The Kier molecular flexibility index (Phi) is 4.36. The maximum absolute atomic E-state index is 13.1. The molecule has 0 bridgehead atoms. The summed E-state index contributed by atoms with van der Waals surface area (Å²) in [5, 5.41) is 19.6. The minimum atomic E-state index is -3.98. The number of nitro groups is 1. The van der Waals surface area contributed by atoms with Crippen LogP contribution in [0.3, 0.4) is 0 Å². The molecule has 1 saturated heterocycles. The third kappa shape index (κ3) is 3.06. The highest BCUT2D eigenvalue weighted by atomic mass is 32.2. The van der Waals surface area contributed by atoms with Crippen molar-refractivity contribution in [1.29, 1.82) is 0 Å². The molecule has 3 heterocycles. The maximum Gasteiger partial charge on any atom is 0.289 e. The quantitative estimate of drug-likeness (QED) is 0.501. The number of hydrogen-bond donors (Lipinski definition) is 0. The largest absolute Gasteiger partial charge is 0.289 e. The number of aromatic nitrogens is 3. The Morgan fingerprint density at radius 3 is 2.70 bits per heavy atom. The van der Waals surface area contributed by atoms with Gasteiger partial charge in [-0.05, 0) is 31.0 Å². The summed E-state index contributed by atoms with van der Waals surface area (Å²) in [6, 6.07) is 11.0. The average molecular weight is 387 g/mol. The minimum absolute atomic E-state index is 0.131. The van der Waals surface area contributed by atoms with Gasteiger partial charge in [0.1, 0.15) is 5.82 Å². The third-order valence-corrected chi connectivity index (χ3v) is 6.68. The number of nitro benzene ring substituents is 1. The van der Waals surface area contributed by atoms with E-state index < -0.39 is 20.6 Å². The van der Waals surface area contributed by atoms with Crippen molar-refractivity contribution in [3.63, 3.8) is 0 Å². The smallest absolute Gasteiger partial charge is 0.286 e. The highest BCUT2D eigenvalue weighted by Crippen LogP contribution is 2.32. The van der Waals surface area contributed by atoms with Gasteiger partial charge in [0.05, 0.1) is 4.92 Å². The van der Waals surface area contributed by atoms with E-state index >= 15 is 0 Å². The van der Waals surface area contributed by atoms with E-state index in [0.29, 0.717) is 24.4 Å². The van der Waals surface area contributed by atoms with Crippen LogP contribution in [0.2, 0.25) is 0 Å². The van der Waals surface area contributed by atoms with E-state index in [0.717, 1.165) is 6.42 Å². The Morgan fingerprint density at radius 2 is 1.89 bits per heavy atom. The van der Waals surface area contributed by atoms with E-state index in [-0.39, 0.29) is 17.4 Å². The van der Waals surface area contributed by atoms with Crippen LogP contribution in [0.15, 0.2) is 53.6 Å². The van der Waals surface area contributed by atoms with Gasteiger partial charge in [0, 0.05) is 31.3 Å². The highest BCUT2D eigenvalue weighted by Gasteiger charge is 2.36. The first-order valence-corrected chi connectivity index (χ1v) is 9.96. The molecule has 1 atom stereocenters. The lowest BCUT2D eigenvalue weighted by Gasteiger charge is -2.30. The number of fused-ring (bicyclic) bond motifs is 1. The monoisotopic (exact) mass is 387 g/mol. The van der Waals surface area contributed by atoms with Crippen LogP contribution in [0, 0.1) is 10.1 Å². The zero-order valence-electron chi connectivity index (χ0n) is 14.3. The van der Waals surface area contributed by atoms with Crippen LogP contribution in [-0.4, -0.2) is 45.3 Å². The molecule has 0 saturated carbocycles. The van der Waals surface area contributed by atoms with Gasteiger partial charge < -0.3 is 0 Å². The molecule has 0 spiro atoms. The Hall–Kier alpha value is -2.85. The molecule has 140 valence electrons. The van der Waals surface area contributed by atoms with Gasteiger partial charge in [0.15, 0.2) is 10.5 Å². The molecule has 2 aromatic heterocycles. The van der Waals surface area contributed by atoms with Crippen LogP contribution < -0.4 is 0 Å². The Morgan fingerprint density at radius 1 is 1.11 bits per heavy atom. The molecule has 0 amide bonds. The molecule has 1 aliphatic heterocycles. The number of rotatable bonds is 4. The maximum atomic E-state index is 13.1. The summed E-state index contributed by atoms with van der Waals surface area (Å²) in [5.41, 5.74) is 0.290. The predicted octanol–water partition coefficient (Wildman–Crippen LogP) is 2.21. The summed E-state index contributed by atoms with van der Waals surface area (Å²) in [6.45, 7) is 0.533. The number of para-hydroxylation sites is 1. The van der Waals surface area contributed by atoms with E-state index in [4.69, 9.17) is 0 Å². The van der Waals surface area contributed by atoms with Crippen molar-refractivity contribution in [1.82, 2.24) is 18.9 Å². The van der Waals surface area contributed by atoms with Gasteiger partial charge in [0.2, 0.25) is 10.0 Å². The molecule has 0 aliphatic carbocycles. The first-order chi connectivity index (χ1) is 13.0. The van der Waals surface area contributed by atoms with Crippen molar-refractivity contribution >= 4 is 21.4 Å². The molecule has 4 rings (SSSR count). The summed E-state index contributed by atoms with van der Waals surface area (Å²) < 4.78 is 29.3. The Bertz CT molecular complexity index is 1110. The van der Waals surface area contributed by atoms with E-state index in [2.05, 4.69) is 10.2 Å². The molecule has 1 fully saturated rings. The van der Waals surface area contributed by atoms with Gasteiger partial charge in [-0.25, -0.2) is 8.42 Å². The molecule has 3 aromatic rings. The predicted molar refractivity (Wildman–Crippen MR) is 96.8 cm³/mol. The minimum Gasteiger partial charge on any atom is -0.286 e. The van der Waals surface area contributed by atoms with E-state index in [1.807, 2.05) is 28.8 Å². The Labute approximate surface area is 155 Å². The number of pyridine rings is 1. The zero-order valence-corrected chi connectivity index (χ0v) is 15.1. The van der Waals surface area contributed by atoms with Crippen molar-refractivity contribution in [2.75, 3.05) is 13.1 Å². The number of sulfonamides is 1. The molecule has 0 N–H and O–H groups in total. The van der Waals surface area contributed by atoms with Crippen molar-refractivity contribution in [3.8, 4) is 0 Å². The SMILES string of the molecule is O=[N+]([O-])c1ccccc1S(=O)(=O)N1CCCC(c2nnc3ccccn23)C1. The summed E-state index contributed by atoms with van der Waals surface area (Å²) in [7, 11) is -3.98. The zero-order chi connectivity index (χ0) is 19.0.